The summed E-state index contributed by atoms with van der Waals surface area (Å²) in [5, 5.41) is 0. The van der Waals surface area contributed by atoms with Crippen molar-refractivity contribution in [3.63, 3.8) is 0 Å². The Morgan fingerprint density at radius 1 is 0.562 bits per heavy atom. The lowest BCUT2D eigenvalue weighted by molar-refractivity contribution is 0.806. The molecule has 0 aliphatic carbocycles. The van der Waals surface area contributed by atoms with E-state index >= 15 is 0 Å². The Balaban J connectivity index is 3.06. The zero-order valence-corrected chi connectivity index (χ0v) is 11.3. The Morgan fingerprint density at radius 2 is 1.12 bits per heavy atom. The summed E-state index contributed by atoms with van der Waals surface area (Å²) in [6.07, 6.45) is 23.0. The molecule has 0 rings (SSSR count). The normalized spacial score (nSPS) is 11.9. The minimum absolute atomic E-state index is 1.22. The Labute approximate surface area is 103 Å². The second-order valence-electron chi connectivity index (χ2n) is 4.32. The van der Waals surface area contributed by atoms with Gasteiger partial charge in [0.1, 0.15) is 0 Å². The Kier molecular flexibility index (Phi) is 14.0. The quantitative estimate of drug-likeness (QED) is 0.303. The van der Waals surface area contributed by atoms with E-state index in [1.807, 2.05) is 0 Å². The summed E-state index contributed by atoms with van der Waals surface area (Å²) in [5.41, 5.74) is 0. The van der Waals surface area contributed by atoms with Crippen LogP contribution in [0.15, 0.2) is 24.3 Å². The summed E-state index contributed by atoms with van der Waals surface area (Å²) in [6.45, 7) is 4.47. The van der Waals surface area contributed by atoms with E-state index in [0.717, 1.165) is 0 Å². The van der Waals surface area contributed by atoms with Crippen LogP contribution in [0.2, 0.25) is 0 Å². The second kappa shape index (κ2) is 14.5. The number of unbranched alkanes of at least 4 members (excludes halogenated alkanes) is 7. The van der Waals surface area contributed by atoms with Gasteiger partial charge in [-0.2, -0.15) is 0 Å². The molecule has 0 amide bonds. The molecule has 0 spiro atoms. The molecule has 0 atom stereocenters. The molecule has 93 valence electrons. The molecule has 0 aromatic heterocycles. The van der Waals surface area contributed by atoms with Crippen LogP contribution >= 0.6 is 0 Å². The van der Waals surface area contributed by atoms with Crippen molar-refractivity contribution in [2.24, 2.45) is 0 Å². The molecule has 0 N–H and O–H groups in total. The fourth-order valence-corrected chi connectivity index (χ4v) is 1.53. The van der Waals surface area contributed by atoms with Crippen molar-refractivity contribution in [3.8, 4) is 0 Å². The molecule has 0 aromatic rings. The first-order chi connectivity index (χ1) is 7.91. The molecule has 1 radical (unpaired) electrons. The Morgan fingerprint density at radius 3 is 1.69 bits per heavy atom. The van der Waals surface area contributed by atoms with Gasteiger partial charge < -0.3 is 0 Å². The van der Waals surface area contributed by atoms with E-state index in [1.165, 1.54) is 57.8 Å². The van der Waals surface area contributed by atoms with E-state index in [-0.39, 0.29) is 0 Å². The van der Waals surface area contributed by atoms with Crippen LogP contribution in [-0.2, 0) is 0 Å². The van der Waals surface area contributed by atoms with Gasteiger partial charge in [0, 0.05) is 0 Å². The van der Waals surface area contributed by atoms with Crippen molar-refractivity contribution in [3.05, 3.63) is 30.7 Å². The average Bonchev–Trinajstić information content (AvgIpc) is 2.31. The van der Waals surface area contributed by atoms with Gasteiger partial charge in [0.25, 0.3) is 0 Å². The van der Waals surface area contributed by atoms with Gasteiger partial charge in [0.15, 0.2) is 0 Å². The molecule has 0 heteroatoms. The molecule has 0 fully saturated rings. The van der Waals surface area contributed by atoms with Crippen molar-refractivity contribution in [2.75, 3.05) is 0 Å². The fourth-order valence-electron chi connectivity index (χ4n) is 1.53. The highest BCUT2D eigenvalue weighted by Gasteiger charge is 1.86. The SMILES string of the molecule is CCCC=CCC[CH]CCC=CCCCC. The van der Waals surface area contributed by atoms with Crippen LogP contribution in [0.25, 0.3) is 0 Å². The summed E-state index contributed by atoms with van der Waals surface area (Å²) in [6, 6.07) is 0. The maximum atomic E-state index is 2.42. The van der Waals surface area contributed by atoms with Gasteiger partial charge in [0.2, 0.25) is 0 Å². The zero-order chi connectivity index (χ0) is 11.9. The number of hydrogen-bond donors (Lipinski definition) is 0. The monoisotopic (exact) mass is 221 g/mol. The number of allylic oxidation sites excluding steroid dienone is 4. The average molecular weight is 221 g/mol. The maximum absolute atomic E-state index is 2.42. The lowest BCUT2D eigenvalue weighted by Gasteiger charge is -1.95. The third-order valence-electron chi connectivity index (χ3n) is 2.59. The highest BCUT2D eigenvalue weighted by Crippen LogP contribution is 2.04. The molecule has 0 aromatic carbocycles. The van der Waals surface area contributed by atoms with Crippen LogP contribution in [0.3, 0.4) is 0 Å². The van der Waals surface area contributed by atoms with Crippen LogP contribution in [0.5, 0.6) is 0 Å². The number of rotatable bonds is 11. The second-order valence-corrected chi connectivity index (χ2v) is 4.32. The third-order valence-corrected chi connectivity index (χ3v) is 2.59. The molecular weight excluding hydrogens is 192 g/mol. The van der Waals surface area contributed by atoms with Gasteiger partial charge in [-0.3, -0.25) is 0 Å². The van der Waals surface area contributed by atoms with E-state index < -0.39 is 0 Å². The third kappa shape index (κ3) is 13.5. The first-order valence-corrected chi connectivity index (χ1v) is 7.03. The topological polar surface area (TPSA) is 0 Å². The Bertz CT molecular complexity index is 165. The van der Waals surface area contributed by atoms with Gasteiger partial charge in [-0.1, -0.05) is 57.4 Å². The first-order valence-electron chi connectivity index (χ1n) is 7.03. The smallest absolute Gasteiger partial charge is 0.0348 e. The van der Waals surface area contributed by atoms with Gasteiger partial charge in [-0.15, -0.1) is 0 Å². The van der Waals surface area contributed by atoms with E-state index in [2.05, 4.69) is 44.6 Å². The first kappa shape index (κ1) is 15.5. The summed E-state index contributed by atoms with van der Waals surface area (Å²) in [4.78, 5) is 0. The van der Waals surface area contributed by atoms with E-state index in [4.69, 9.17) is 0 Å². The summed E-state index contributed by atoms with van der Waals surface area (Å²) >= 11 is 0. The lowest BCUT2D eigenvalue weighted by atomic mass is 10.1. The number of hydrogen-bond acceptors (Lipinski definition) is 0. The van der Waals surface area contributed by atoms with Crippen molar-refractivity contribution in [1.29, 1.82) is 0 Å². The van der Waals surface area contributed by atoms with Gasteiger partial charge in [-0.25, -0.2) is 0 Å². The largest absolute Gasteiger partial charge is 0.0885 e. The minimum atomic E-state index is 1.22. The molecule has 0 aliphatic heterocycles. The standard InChI is InChI=1S/C16H29/c1-3-5-7-9-11-13-15-16-14-12-10-8-6-4-2/h7,9-10,12,15H,3-6,8,11,13-14,16H2,1-2H3. The molecule has 0 saturated carbocycles. The maximum Gasteiger partial charge on any atom is -0.0348 e. The van der Waals surface area contributed by atoms with E-state index in [1.54, 1.807) is 0 Å². The van der Waals surface area contributed by atoms with Crippen molar-refractivity contribution >= 4 is 0 Å². The summed E-state index contributed by atoms with van der Waals surface area (Å²) in [7, 11) is 0. The molecular formula is C16H29. The zero-order valence-electron chi connectivity index (χ0n) is 11.3. The molecule has 0 bridgehead atoms. The summed E-state index contributed by atoms with van der Waals surface area (Å²) < 4.78 is 0. The van der Waals surface area contributed by atoms with Crippen LogP contribution in [0.4, 0.5) is 0 Å². The van der Waals surface area contributed by atoms with Crippen molar-refractivity contribution < 1.29 is 0 Å². The molecule has 0 unspecified atom stereocenters. The highest BCUT2D eigenvalue weighted by atomic mass is 13.9. The van der Waals surface area contributed by atoms with Gasteiger partial charge >= 0.3 is 0 Å². The molecule has 0 aliphatic rings. The van der Waals surface area contributed by atoms with Crippen LogP contribution in [0, 0.1) is 6.42 Å². The summed E-state index contributed by atoms with van der Waals surface area (Å²) in [5.74, 6) is 0. The van der Waals surface area contributed by atoms with Crippen molar-refractivity contribution in [2.45, 2.75) is 71.6 Å². The van der Waals surface area contributed by atoms with E-state index in [0.29, 0.717) is 0 Å². The van der Waals surface area contributed by atoms with Crippen LogP contribution < -0.4 is 0 Å². The van der Waals surface area contributed by atoms with Gasteiger partial charge in [0.05, 0.1) is 0 Å². The van der Waals surface area contributed by atoms with Crippen molar-refractivity contribution in [1.82, 2.24) is 0 Å². The predicted octanol–water partition coefficient (Wildman–Crippen LogP) is 5.85. The molecule has 0 heterocycles. The Hall–Kier alpha value is -0.520. The molecule has 0 nitrogen and oxygen atoms in total. The van der Waals surface area contributed by atoms with Gasteiger partial charge in [-0.05, 0) is 44.9 Å². The van der Waals surface area contributed by atoms with Crippen LogP contribution in [-0.4, -0.2) is 0 Å². The molecule has 16 heavy (non-hydrogen) atoms. The van der Waals surface area contributed by atoms with Crippen LogP contribution in [0.1, 0.15) is 71.6 Å². The molecule has 0 saturated heterocycles. The van der Waals surface area contributed by atoms with E-state index in [9.17, 15) is 0 Å². The lowest BCUT2D eigenvalue weighted by Crippen LogP contribution is -1.76. The predicted molar refractivity (Wildman–Crippen MR) is 75.5 cm³/mol. The minimum Gasteiger partial charge on any atom is -0.0885 e. The highest BCUT2D eigenvalue weighted by molar-refractivity contribution is 4.86. The fraction of sp³-hybridized carbons (Fsp3) is 0.688.